The number of nitrogens with zero attached hydrogens (tertiary/aromatic N) is 2. The third-order valence-electron chi connectivity index (χ3n) is 5.48. The van der Waals surface area contributed by atoms with E-state index in [4.69, 9.17) is 4.98 Å². The van der Waals surface area contributed by atoms with E-state index in [2.05, 4.69) is 75.6 Å². The molecule has 0 fully saturated rings. The van der Waals surface area contributed by atoms with Crippen LogP contribution < -0.4 is 0 Å². The van der Waals surface area contributed by atoms with Gasteiger partial charge in [0.2, 0.25) is 0 Å². The Morgan fingerprint density at radius 3 is 2.42 bits per heavy atom. The van der Waals surface area contributed by atoms with E-state index in [1.807, 2.05) is 0 Å². The number of aromatic nitrogens is 2. The summed E-state index contributed by atoms with van der Waals surface area (Å²) < 4.78 is 2.46. The molecule has 0 amide bonds. The second kappa shape index (κ2) is 6.26. The summed E-state index contributed by atoms with van der Waals surface area (Å²) in [5.74, 6) is 1.69. The first kappa shape index (κ1) is 17.3. The predicted molar refractivity (Wildman–Crippen MR) is 111 cm³/mol. The Kier molecular flexibility index (Phi) is 4.17. The van der Waals surface area contributed by atoms with Crippen molar-refractivity contribution in [3.8, 4) is 11.4 Å². The first-order chi connectivity index (χ1) is 12.3. The molecule has 26 heavy (non-hydrogen) atoms. The van der Waals surface area contributed by atoms with Crippen LogP contribution in [0.15, 0.2) is 36.4 Å². The van der Waals surface area contributed by atoms with E-state index in [0.717, 1.165) is 24.3 Å². The molecule has 3 aromatic rings. The third kappa shape index (κ3) is 3.06. The van der Waals surface area contributed by atoms with Gasteiger partial charge in [0.25, 0.3) is 0 Å². The highest BCUT2D eigenvalue weighted by Crippen LogP contribution is 2.35. The van der Waals surface area contributed by atoms with Gasteiger partial charge in [-0.2, -0.15) is 0 Å². The van der Waals surface area contributed by atoms with Crippen molar-refractivity contribution in [2.24, 2.45) is 5.41 Å². The Bertz CT molecular complexity index is 937. The summed E-state index contributed by atoms with van der Waals surface area (Å²) in [6.07, 6.45) is 3.51. The number of hydrogen-bond acceptors (Lipinski definition) is 1. The molecule has 0 unspecified atom stereocenters. The summed E-state index contributed by atoms with van der Waals surface area (Å²) in [5.41, 5.74) is 8.49. The minimum atomic E-state index is 0.308. The van der Waals surface area contributed by atoms with Gasteiger partial charge in [0.05, 0.1) is 11.0 Å². The Balaban J connectivity index is 1.84. The summed E-state index contributed by atoms with van der Waals surface area (Å²) in [5, 5.41) is 0. The molecule has 0 saturated carbocycles. The number of benzene rings is 2. The lowest BCUT2D eigenvalue weighted by Gasteiger charge is -2.24. The highest BCUT2D eigenvalue weighted by molar-refractivity contribution is 5.85. The van der Waals surface area contributed by atoms with Crippen LogP contribution in [0.4, 0.5) is 0 Å². The van der Waals surface area contributed by atoms with Crippen LogP contribution in [0.25, 0.3) is 22.4 Å². The molecule has 0 radical (unpaired) electrons. The number of imidazole rings is 1. The molecule has 0 atom stereocenters. The lowest BCUT2D eigenvalue weighted by Crippen LogP contribution is -2.15. The first-order valence-corrected chi connectivity index (χ1v) is 9.95. The van der Waals surface area contributed by atoms with Gasteiger partial charge in [-0.3, -0.25) is 0 Å². The smallest absolute Gasteiger partial charge is 0.141 e. The fourth-order valence-corrected chi connectivity index (χ4v) is 4.22. The maximum atomic E-state index is 5.03. The summed E-state index contributed by atoms with van der Waals surface area (Å²) in [4.78, 5) is 5.03. The Hall–Kier alpha value is -2.09. The molecule has 0 N–H and O–H groups in total. The Morgan fingerprint density at radius 2 is 1.77 bits per heavy atom. The Labute approximate surface area is 157 Å². The molecule has 0 saturated heterocycles. The van der Waals surface area contributed by atoms with Gasteiger partial charge in [0, 0.05) is 12.1 Å². The van der Waals surface area contributed by atoms with Crippen molar-refractivity contribution in [3.63, 3.8) is 0 Å². The second-order valence-electron chi connectivity index (χ2n) is 9.28. The lowest BCUT2D eigenvalue weighted by molar-refractivity contribution is 0.409. The van der Waals surface area contributed by atoms with Crippen LogP contribution in [0.3, 0.4) is 0 Å². The van der Waals surface area contributed by atoms with Crippen molar-refractivity contribution in [3.05, 3.63) is 53.1 Å². The standard InChI is InChI=1S/C24H30N2/c1-16(2)17-8-10-18(11-9-17)23-25-21-13-12-19(15-24(3,4)5)20-7-6-14-26(23)22(20)21/h8-13,16H,6-7,14-15H2,1-5H3. The highest BCUT2D eigenvalue weighted by Gasteiger charge is 2.23. The normalized spacial score (nSPS) is 14.4. The van der Waals surface area contributed by atoms with E-state index < -0.39 is 0 Å². The fourth-order valence-electron chi connectivity index (χ4n) is 4.22. The van der Waals surface area contributed by atoms with Crippen molar-refractivity contribution < 1.29 is 0 Å². The van der Waals surface area contributed by atoms with Crippen molar-refractivity contribution in [2.45, 2.75) is 66.3 Å². The van der Waals surface area contributed by atoms with Crippen LogP contribution in [-0.4, -0.2) is 9.55 Å². The van der Waals surface area contributed by atoms with Crippen LogP contribution in [0.5, 0.6) is 0 Å². The number of aryl methyl sites for hydroxylation is 2. The predicted octanol–water partition coefficient (Wildman–Crippen LogP) is 6.36. The van der Waals surface area contributed by atoms with Crippen LogP contribution in [-0.2, 0) is 19.4 Å². The van der Waals surface area contributed by atoms with Gasteiger partial charge >= 0.3 is 0 Å². The van der Waals surface area contributed by atoms with Gasteiger partial charge in [0.1, 0.15) is 5.82 Å². The van der Waals surface area contributed by atoms with Gasteiger partial charge < -0.3 is 4.57 Å². The summed E-state index contributed by atoms with van der Waals surface area (Å²) >= 11 is 0. The second-order valence-corrected chi connectivity index (χ2v) is 9.28. The van der Waals surface area contributed by atoms with Gasteiger partial charge in [-0.15, -0.1) is 0 Å². The molecular weight excluding hydrogens is 316 g/mol. The summed E-state index contributed by atoms with van der Waals surface area (Å²) in [7, 11) is 0. The van der Waals surface area contributed by atoms with Crippen LogP contribution in [0, 0.1) is 5.41 Å². The first-order valence-electron chi connectivity index (χ1n) is 9.95. The van der Waals surface area contributed by atoms with Crippen LogP contribution in [0.1, 0.15) is 63.6 Å². The largest absolute Gasteiger partial charge is 0.324 e. The van der Waals surface area contributed by atoms with E-state index in [1.165, 1.54) is 40.6 Å². The zero-order valence-corrected chi connectivity index (χ0v) is 16.8. The van der Waals surface area contributed by atoms with E-state index in [-0.39, 0.29) is 0 Å². The lowest BCUT2D eigenvalue weighted by atomic mass is 9.84. The fraction of sp³-hybridized carbons (Fsp3) is 0.458. The topological polar surface area (TPSA) is 17.8 Å². The maximum Gasteiger partial charge on any atom is 0.141 e. The van der Waals surface area contributed by atoms with Gasteiger partial charge in [-0.25, -0.2) is 4.98 Å². The molecule has 136 valence electrons. The van der Waals surface area contributed by atoms with Crippen LogP contribution >= 0.6 is 0 Å². The quantitative estimate of drug-likeness (QED) is 0.539. The molecule has 0 aliphatic carbocycles. The summed E-state index contributed by atoms with van der Waals surface area (Å²) in [6.45, 7) is 12.5. The minimum Gasteiger partial charge on any atom is -0.324 e. The van der Waals surface area contributed by atoms with E-state index in [1.54, 1.807) is 0 Å². The molecule has 2 heterocycles. The molecule has 0 spiro atoms. The minimum absolute atomic E-state index is 0.308. The van der Waals surface area contributed by atoms with E-state index in [9.17, 15) is 0 Å². The van der Waals surface area contributed by atoms with Gasteiger partial charge in [-0.05, 0) is 53.4 Å². The Morgan fingerprint density at radius 1 is 1.04 bits per heavy atom. The third-order valence-corrected chi connectivity index (χ3v) is 5.48. The molecule has 1 aliphatic rings. The molecule has 0 bridgehead atoms. The molecule has 1 aromatic heterocycles. The SMILES string of the molecule is CC(C)c1ccc(-c2nc3ccc(CC(C)(C)C)c4c3n2CCC4)cc1. The summed E-state index contributed by atoms with van der Waals surface area (Å²) in [6, 6.07) is 13.5. The average molecular weight is 347 g/mol. The van der Waals surface area contributed by atoms with Crippen LogP contribution in [0.2, 0.25) is 0 Å². The van der Waals surface area contributed by atoms with Crippen molar-refractivity contribution in [1.29, 1.82) is 0 Å². The van der Waals surface area contributed by atoms with Gasteiger partial charge in [0.15, 0.2) is 0 Å². The molecule has 2 heteroatoms. The molecular formula is C24H30N2. The average Bonchev–Trinajstić information content (AvgIpc) is 2.97. The molecule has 1 aliphatic heterocycles. The number of rotatable bonds is 3. The zero-order valence-electron chi connectivity index (χ0n) is 16.8. The van der Waals surface area contributed by atoms with Crippen molar-refractivity contribution >= 4 is 11.0 Å². The molecule has 2 nitrogen and oxygen atoms in total. The van der Waals surface area contributed by atoms with Crippen molar-refractivity contribution in [2.75, 3.05) is 0 Å². The van der Waals surface area contributed by atoms with Gasteiger partial charge in [-0.1, -0.05) is 65.0 Å². The van der Waals surface area contributed by atoms with Crippen molar-refractivity contribution in [1.82, 2.24) is 9.55 Å². The van der Waals surface area contributed by atoms with E-state index >= 15 is 0 Å². The molecule has 2 aromatic carbocycles. The monoisotopic (exact) mass is 346 g/mol. The van der Waals surface area contributed by atoms with E-state index in [0.29, 0.717) is 11.3 Å². The zero-order chi connectivity index (χ0) is 18.5. The number of hydrogen-bond donors (Lipinski definition) is 0. The molecule has 4 rings (SSSR count). The highest BCUT2D eigenvalue weighted by atomic mass is 15.1. The maximum absolute atomic E-state index is 5.03.